The van der Waals surface area contributed by atoms with Crippen LogP contribution >= 0.6 is 0 Å². The maximum Gasteiger partial charge on any atom is 0.270 e. The van der Waals surface area contributed by atoms with Gasteiger partial charge in [0.1, 0.15) is 0 Å². The molecule has 0 aromatic heterocycles. The number of nitrogens with zero attached hydrogens (tertiary/aromatic N) is 2. The third-order valence-electron chi connectivity index (χ3n) is 5.64. The summed E-state index contributed by atoms with van der Waals surface area (Å²) in [6.07, 6.45) is 0.114. The molecule has 4 rings (SSSR count). The van der Waals surface area contributed by atoms with Gasteiger partial charge in [-0.2, -0.15) is 0 Å². The zero-order valence-electron chi connectivity index (χ0n) is 18.2. The number of rotatable bonds is 8. The Labute approximate surface area is 196 Å². The number of nitro groups is 1. The molecule has 9 nitrogen and oxygen atoms in total. The van der Waals surface area contributed by atoms with E-state index in [1.54, 1.807) is 42.5 Å². The molecule has 1 aliphatic heterocycles. The van der Waals surface area contributed by atoms with Gasteiger partial charge in [0, 0.05) is 24.7 Å². The van der Waals surface area contributed by atoms with Gasteiger partial charge in [0.25, 0.3) is 17.5 Å². The predicted octanol–water partition coefficient (Wildman–Crippen LogP) is 3.61. The van der Waals surface area contributed by atoms with Crippen molar-refractivity contribution in [2.75, 3.05) is 6.54 Å². The van der Waals surface area contributed by atoms with Gasteiger partial charge in [0.05, 0.1) is 20.9 Å². The molecule has 2 amide bonds. The van der Waals surface area contributed by atoms with Gasteiger partial charge in [-0.05, 0) is 37.1 Å². The second-order valence-corrected chi connectivity index (χ2v) is 9.65. The highest BCUT2D eigenvalue weighted by Crippen LogP contribution is 2.28. The van der Waals surface area contributed by atoms with Crippen LogP contribution in [0.15, 0.2) is 77.7 Å². The first kappa shape index (κ1) is 23.3. The van der Waals surface area contributed by atoms with E-state index >= 15 is 0 Å². The summed E-state index contributed by atoms with van der Waals surface area (Å²) in [5.41, 5.74) is 1.37. The molecular weight excluding hydrogens is 458 g/mol. The van der Waals surface area contributed by atoms with Crippen LogP contribution in [0.25, 0.3) is 0 Å². The molecule has 34 heavy (non-hydrogen) atoms. The van der Waals surface area contributed by atoms with Crippen LogP contribution in [0.2, 0.25) is 0 Å². The van der Waals surface area contributed by atoms with Crippen LogP contribution in [-0.4, -0.2) is 36.6 Å². The Morgan fingerprint density at radius 1 is 0.941 bits per heavy atom. The number of nitro benzene ring substituents is 1. The molecule has 1 heterocycles. The molecular formula is C24H21N3O6S. The second-order valence-electron chi connectivity index (χ2n) is 7.94. The highest BCUT2D eigenvalue weighted by atomic mass is 32.2. The Hall–Kier alpha value is -3.89. The summed E-state index contributed by atoms with van der Waals surface area (Å²) in [4.78, 5) is 37.1. The standard InChI is InChI=1S/C24H21N3O6S/c1-16-7-10-19(11-8-16)34(32,33)25-22(17-5-3-2-4-6-17)13-14-26-23(28)20-12-9-18(27(30)31)15-21(20)24(26)29/h2-12,15,22,25H,13-14H2,1H3. The molecule has 1 aliphatic rings. The Bertz CT molecular complexity index is 1370. The number of carbonyl (C=O) groups is 2. The fourth-order valence-corrected chi connectivity index (χ4v) is 5.06. The average molecular weight is 480 g/mol. The number of hydrogen-bond donors (Lipinski definition) is 1. The van der Waals surface area contributed by atoms with E-state index in [4.69, 9.17) is 0 Å². The molecule has 0 spiro atoms. The molecule has 1 unspecified atom stereocenters. The Morgan fingerprint density at radius 2 is 1.59 bits per heavy atom. The molecule has 0 bridgehead atoms. The summed E-state index contributed by atoms with van der Waals surface area (Å²) in [5.74, 6) is -1.21. The normalized spacial score (nSPS) is 14.2. The SMILES string of the molecule is Cc1ccc(S(=O)(=O)NC(CCN2C(=O)c3ccc([N+](=O)[O-])cc3C2=O)c2ccccc2)cc1. The van der Waals surface area contributed by atoms with Gasteiger partial charge in [0.15, 0.2) is 0 Å². The molecule has 3 aromatic rings. The van der Waals surface area contributed by atoms with Gasteiger partial charge in [-0.15, -0.1) is 0 Å². The maximum absolute atomic E-state index is 13.0. The van der Waals surface area contributed by atoms with E-state index < -0.39 is 32.8 Å². The third kappa shape index (κ3) is 4.59. The zero-order valence-corrected chi connectivity index (χ0v) is 19.0. The molecule has 1 atom stereocenters. The molecule has 0 saturated carbocycles. The smallest absolute Gasteiger partial charge is 0.270 e. The number of fused-ring (bicyclic) bond motifs is 1. The molecule has 0 aliphatic carbocycles. The number of aryl methyl sites for hydroxylation is 1. The minimum absolute atomic E-state index is 0.0318. The summed E-state index contributed by atoms with van der Waals surface area (Å²) >= 11 is 0. The van der Waals surface area contributed by atoms with Crippen LogP contribution in [0.5, 0.6) is 0 Å². The van der Waals surface area contributed by atoms with E-state index in [0.717, 1.165) is 16.5 Å². The summed E-state index contributed by atoms with van der Waals surface area (Å²) < 4.78 is 28.7. The minimum atomic E-state index is -3.88. The van der Waals surface area contributed by atoms with Gasteiger partial charge in [-0.25, -0.2) is 13.1 Å². The molecule has 10 heteroatoms. The number of sulfonamides is 1. The van der Waals surface area contributed by atoms with Gasteiger partial charge in [-0.3, -0.25) is 24.6 Å². The Balaban J connectivity index is 1.57. The van der Waals surface area contributed by atoms with Crippen molar-refractivity contribution in [3.05, 3.63) is 105 Å². The van der Waals surface area contributed by atoms with Gasteiger partial charge in [-0.1, -0.05) is 48.0 Å². The average Bonchev–Trinajstić information content (AvgIpc) is 3.06. The van der Waals surface area contributed by atoms with Crippen LogP contribution in [-0.2, 0) is 10.0 Å². The fraction of sp³-hybridized carbons (Fsp3) is 0.167. The van der Waals surface area contributed by atoms with Crippen LogP contribution in [0.3, 0.4) is 0 Å². The fourth-order valence-electron chi connectivity index (χ4n) is 3.81. The van der Waals surface area contributed by atoms with Crippen molar-refractivity contribution in [1.82, 2.24) is 9.62 Å². The minimum Gasteiger partial charge on any atom is -0.274 e. The highest BCUT2D eigenvalue weighted by molar-refractivity contribution is 7.89. The van der Waals surface area contributed by atoms with Crippen LogP contribution < -0.4 is 4.72 Å². The quantitative estimate of drug-likeness (QED) is 0.299. The molecule has 1 N–H and O–H groups in total. The lowest BCUT2D eigenvalue weighted by Crippen LogP contribution is -2.35. The largest absolute Gasteiger partial charge is 0.274 e. The number of carbonyl (C=O) groups excluding carboxylic acids is 2. The van der Waals surface area contributed by atoms with E-state index in [2.05, 4.69) is 4.72 Å². The first-order valence-corrected chi connectivity index (χ1v) is 11.9. The number of imide groups is 1. The van der Waals surface area contributed by atoms with E-state index in [1.165, 1.54) is 24.3 Å². The lowest BCUT2D eigenvalue weighted by atomic mass is 10.0. The molecule has 0 saturated heterocycles. The third-order valence-corrected chi connectivity index (χ3v) is 7.12. The predicted molar refractivity (Wildman–Crippen MR) is 124 cm³/mol. The number of amides is 2. The highest BCUT2D eigenvalue weighted by Gasteiger charge is 2.37. The molecule has 0 fully saturated rings. The second kappa shape index (κ2) is 9.16. The topological polar surface area (TPSA) is 127 Å². The van der Waals surface area contributed by atoms with Crippen molar-refractivity contribution in [2.45, 2.75) is 24.3 Å². The molecule has 3 aromatic carbocycles. The van der Waals surface area contributed by atoms with Crippen LogP contribution in [0.4, 0.5) is 5.69 Å². The molecule has 0 radical (unpaired) electrons. The van der Waals surface area contributed by atoms with E-state index in [9.17, 15) is 28.1 Å². The Kier molecular flexibility index (Phi) is 6.27. The lowest BCUT2D eigenvalue weighted by Gasteiger charge is -2.22. The summed E-state index contributed by atoms with van der Waals surface area (Å²) in [7, 11) is -3.88. The van der Waals surface area contributed by atoms with Crippen molar-refractivity contribution >= 4 is 27.5 Å². The van der Waals surface area contributed by atoms with E-state index in [-0.39, 0.29) is 34.7 Å². The number of hydrogen-bond acceptors (Lipinski definition) is 6. The first-order valence-electron chi connectivity index (χ1n) is 10.5. The first-order chi connectivity index (χ1) is 16.2. The van der Waals surface area contributed by atoms with Crippen molar-refractivity contribution in [2.24, 2.45) is 0 Å². The molecule has 174 valence electrons. The van der Waals surface area contributed by atoms with Crippen molar-refractivity contribution in [1.29, 1.82) is 0 Å². The summed E-state index contributed by atoms with van der Waals surface area (Å²) in [5, 5.41) is 11.0. The zero-order chi connectivity index (χ0) is 24.5. The number of benzene rings is 3. The number of nitrogens with one attached hydrogen (secondary N) is 1. The van der Waals surface area contributed by atoms with Crippen molar-refractivity contribution in [3.63, 3.8) is 0 Å². The monoisotopic (exact) mass is 479 g/mol. The lowest BCUT2D eigenvalue weighted by molar-refractivity contribution is -0.384. The maximum atomic E-state index is 13.0. The van der Waals surface area contributed by atoms with E-state index in [0.29, 0.717) is 5.56 Å². The number of non-ortho nitro benzene ring substituents is 1. The summed E-state index contributed by atoms with van der Waals surface area (Å²) in [6, 6.07) is 18.1. The van der Waals surface area contributed by atoms with Gasteiger partial charge in [0.2, 0.25) is 10.0 Å². The van der Waals surface area contributed by atoms with Crippen LogP contribution in [0.1, 0.15) is 44.3 Å². The van der Waals surface area contributed by atoms with Gasteiger partial charge >= 0.3 is 0 Å². The van der Waals surface area contributed by atoms with Crippen LogP contribution in [0, 0.1) is 17.0 Å². The van der Waals surface area contributed by atoms with E-state index in [1.807, 2.05) is 6.92 Å². The summed E-state index contributed by atoms with van der Waals surface area (Å²) in [6.45, 7) is 1.78. The Morgan fingerprint density at radius 3 is 2.24 bits per heavy atom. The van der Waals surface area contributed by atoms with Crippen molar-refractivity contribution in [3.8, 4) is 0 Å². The van der Waals surface area contributed by atoms with Crippen molar-refractivity contribution < 1.29 is 22.9 Å². The van der Waals surface area contributed by atoms with Gasteiger partial charge < -0.3 is 0 Å².